The fourth-order valence-corrected chi connectivity index (χ4v) is 1.95. The molecule has 0 unspecified atom stereocenters. The quantitative estimate of drug-likeness (QED) is 0.449. The molecule has 0 bridgehead atoms. The second kappa shape index (κ2) is 6.75. The van der Waals surface area contributed by atoms with Gasteiger partial charge in [0.15, 0.2) is 0 Å². The molecular weight excluding hydrogens is 326 g/mol. The number of carbonyl (C=O) groups is 1. The lowest BCUT2D eigenvalue weighted by Crippen LogP contribution is -2.17. The Bertz CT molecular complexity index is 807. The van der Waals surface area contributed by atoms with Crippen molar-refractivity contribution in [3.63, 3.8) is 0 Å². The van der Waals surface area contributed by atoms with E-state index < -0.39 is 22.3 Å². The van der Waals surface area contributed by atoms with Crippen LogP contribution in [0.1, 0.15) is 15.9 Å². The van der Waals surface area contributed by atoms with E-state index in [4.69, 9.17) is 11.6 Å². The Kier molecular flexibility index (Phi) is 4.77. The van der Waals surface area contributed by atoms with E-state index in [0.29, 0.717) is 0 Å². The molecule has 0 fully saturated rings. The van der Waals surface area contributed by atoms with Gasteiger partial charge in [0.25, 0.3) is 5.91 Å². The maximum absolute atomic E-state index is 11.8. The van der Waals surface area contributed by atoms with Gasteiger partial charge in [0.05, 0.1) is 16.7 Å². The van der Waals surface area contributed by atoms with Crippen molar-refractivity contribution in [1.82, 2.24) is 5.43 Å². The Morgan fingerprint density at radius 2 is 2.00 bits per heavy atom. The van der Waals surface area contributed by atoms with Gasteiger partial charge in [-0.05, 0) is 18.2 Å². The molecule has 118 valence electrons. The molecular formula is C14H10ClN3O5. The van der Waals surface area contributed by atoms with Crippen LogP contribution in [0.3, 0.4) is 0 Å². The molecule has 2 aromatic carbocycles. The monoisotopic (exact) mass is 335 g/mol. The van der Waals surface area contributed by atoms with Crippen LogP contribution in [0.15, 0.2) is 41.5 Å². The van der Waals surface area contributed by atoms with E-state index in [1.165, 1.54) is 18.2 Å². The number of hydrazone groups is 1. The van der Waals surface area contributed by atoms with E-state index in [0.717, 1.165) is 12.3 Å². The summed E-state index contributed by atoms with van der Waals surface area (Å²) >= 11 is 5.73. The van der Waals surface area contributed by atoms with Gasteiger partial charge in [-0.3, -0.25) is 14.9 Å². The molecule has 0 aromatic heterocycles. The van der Waals surface area contributed by atoms with Crippen LogP contribution >= 0.6 is 11.6 Å². The molecule has 0 heterocycles. The molecule has 9 heteroatoms. The fourth-order valence-electron chi connectivity index (χ4n) is 1.73. The van der Waals surface area contributed by atoms with E-state index in [-0.39, 0.29) is 21.9 Å². The molecule has 0 aliphatic carbocycles. The Morgan fingerprint density at radius 3 is 2.65 bits per heavy atom. The average Bonchev–Trinajstić information content (AvgIpc) is 2.50. The summed E-state index contributed by atoms with van der Waals surface area (Å²) in [5.74, 6) is -1.53. The van der Waals surface area contributed by atoms with Gasteiger partial charge in [-0.25, -0.2) is 5.43 Å². The summed E-state index contributed by atoms with van der Waals surface area (Å²) in [5, 5.41) is 33.7. The summed E-state index contributed by atoms with van der Waals surface area (Å²) in [4.78, 5) is 21.8. The number of nitrogens with zero attached hydrogens (tertiary/aromatic N) is 2. The van der Waals surface area contributed by atoms with E-state index in [2.05, 4.69) is 10.5 Å². The van der Waals surface area contributed by atoms with Gasteiger partial charge in [-0.2, -0.15) is 5.10 Å². The number of phenolic OH excluding ortho intramolecular Hbond substituents is 2. The summed E-state index contributed by atoms with van der Waals surface area (Å²) in [6, 6.07) is 8.09. The SMILES string of the molecule is O=C(NN=Cc1cc(Cl)cc([N+](=O)[O-])c1O)c1ccccc1O. The van der Waals surface area contributed by atoms with Gasteiger partial charge in [0, 0.05) is 16.7 Å². The van der Waals surface area contributed by atoms with Crippen LogP contribution in [-0.4, -0.2) is 27.3 Å². The van der Waals surface area contributed by atoms with E-state index in [1.807, 2.05) is 0 Å². The first-order valence-electron chi connectivity index (χ1n) is 6.18. The number of benzene rings is 2. The van der Waals surface area contributed by atoms with Crippen LogP contribution in [0.25, 0.3) is 0 Å². The zero-order valence-electron chi connectivity index (χ0n) is 11.4. The predicted molar refractivity (Wildman–Crippen MR) is 82.9 cm³/mol. The van der Waals surface area contributed by atoms with Crippen molar-refractivity contribution in [2.45, 2.75) is 0 Å². The molecule has 0 saturated carbocycles. The van der Waals surface area contributed by atoms with Crippen molar-refractivity contribution in [2.24, 2.45) is 5.10 Å². The van der Waals surface area contributed by atoms with Crippen LogP contribution in [0, 0.1) is 10.1 Å². The van der Waals surface area contributed by atoms with Crippen molar-refractivity contribution in [3.8, 4) is 11.5 Å². The fraction of sp³-hybridized carbons (Fsp3) is 0. The molecule has 0 saturated heterocycles. The number of amides is 1. The molecule has 0 aliphatic heterocycles. The standard InChI is InChI=1S/C14H10ClN3O5/c15-9-5-8(13(20)11(6-9)18(22)23)7-16-17-14(21)10-3-1-2-4-12(10)19/h1-7,19-20H,(H,17,21). The molecule has 8 nitrogen and oxygen atoms in total. The van der Waals surface area contributed by atoms with Crippen molar-refractivity contribution in [2.75, 3.05) is 0 Å². The third-order valence-electron chi connectivity index (χ3n) is 2.80. The molecule has 0 spiro atoms. The summed E-state index contributed by atoms with van der Waals surface area (Å²) in [6.07, 6.45) is 1.01. The second-order valence-electron chi connectivity index (χ2n) is 4.34. The first kappa shape index (κ1) is 16.2. The lowest BCUT2D eigenvalue weighted by molar-refractivity contribution is -0.385. The number of rotatable bonds is 4. The lowest BCUT2D eigenvalue weighted by Gasteiger charge is -2.03. The smallest absolute Gasteiger partial charge is 0.312 e. The van der Waals surface area contributed by atoms with E-state index >= 15 is 0 Å². The minimum absolute atomic E-state index is 0.00551. The molecule has 0 aliphatic rings. The third-order valence-corrected chi connectivity index (χ3v) is 3.02. The zero-order chi connectivity index (χ0) is 17.0. The average molecular weight is 336 g/mol. The van der Waals surface area contributed by atoms with Gasteiger partial charge in [0.2, 0.25) is 5.75 Å². The number of para-hydroxylation sites is 1. The maximum atomic E-state index is 11.8. The van der Waals surface area contributed by atoms with Gasteiger partial charge >= 0.3 is 5.69 Å². The minimum atomic E-state index is -0.793. The summed E-state index contributed by atoms with van der Waals surface area (Å²) in [7, 11) is 0. The maximum Gasteiger partial charge on any atom is 0.312 e. The van der Waals surface area contributed by atoms with Crippen molar-refractivity contribution >= 4 is 29.4 Å². The van der Waals surface area contributed by atoms with Crippen LogP contribution in [0.2, 0.25) is 5.02 Å². The highest BCUT2D eigenvalue weighted by Gasteiger charge is 2.17. The van der Waals surface area contributed by atoms with Gasteiger partial charge in [-0.15, -0.1) is 0 Å². The lowest BCUT2D eigenvalue weighted by atomic mass is 10.2. The minimum Gasteiger partial charge on any atom is -0.507 e. The number of aromatic hydroxyl groups is 2. The first-order chi connectivity index (χ1) is 10.9. The normalized spacial score (nSPS) is 10.7. The summed E-state index contributed by atoms with van der Waals surface area (Å²) < 4.78 is 0. The first-order valence-corrected chi connectivity index (χ1v) is 6.56. The highest BCUT2D eigenvalue weighted by molar-refractivity contribution is 6.31. The number of hydrogen-bond donors (Lipinski definition) is 3. The highest BCUT2D eigenvalue weighted by Crippen LogP contribution is 2.32. The van der Waals surface area contributed by atoms with Gasteiger partial charge in [-0.1, -0.05) is 23.7 Å². The number of phenols is 2. The van der Waals surface area contributed by atoms with Crippen LogP contribution in [0.4, 0.5) is 5.69 Å². The highest BCUT2D eigenvalue weighted by atomic mass is 35.5. The predicted octanol–water partition coefficient (Wildman–Crippen LogP) is 2.42. The Morgan fingerprint density at radius 1 is 1.30 bits per heavy atom. The second-order valence-corrected chi connectivity index (χ2v) is 4.77. The number of nitro groups is 1. The molecule has 0 atom stereocenters. The zero-order valence-corrected chi connectivity index (χ0v) is 12.2. The molecule has 0 radical (unpaired) electrons. The Labute approximate surface area is 134 Å². The van der Waals surface area contributed by atoms with Crippen LogP contribution in [0.5, 0.6) is 11.5 Å². The topological polar surface area (TPSA) is 125 Å². The molecule has 1 amide bonds. The number of carbonyl (C=O) groups excluding carboxylic acids is 1. The van der Waals surface area contributed by atoms with E-state index in [9.17, 15) is 25.1 Å². The number of nitrogens with one attached hydrogen (secondary N) is 1. The molecule has 23 heavy (non-hydrogen) atoms. The van der Waals surface area contributed by atoms with Gasteiger partial charge < -0.3 is 10.2 Å². The van der Waals surface area contributed by atoms with Gasteiger partial charge in [0.1, 0.15) is 5.75 Å². The van der Waals surface area contributed by atoms with Crippen molar-refractivity contribution < 1.29 is 19.9 Å². The van der Waals surface area contributed by atoms with Crippen LogP contribution < -0.4 is 5.43 Å². The molecule has 3 N–H and O–H groups in total. The summed E-state index contributed by atoms with van der Waals surface area (Å²) in [6.45, 7) is 0. The number of nitro benzene ring substituents is 1. The summed E-state index contributed by atoms with van der Waals surface area (Å²) in [5.41, 5.74) is 1.52. The van der Waals surface area contributed by atoms with Crippen LogP contribution in [-0.2, 0) is 0 Å². The Hall–Kier alpha value is -3.13. The van der Waals surface area contributed by atoms with E-state index in [1.54, 1.807) is 12.1 Å². The molecule has 2 rings (SSSR count). The number of hydrogen-bond acceptors (Lipinski definition) is 6. The molecule has 2 aromatic rings. The van der Waals surface area contributed by atoms with Crippen molar-refractivity contribution in [3.05, 3.63) is 62.7 Å². The van der Waals surface area contributed by atoms with Crippen molar-refractivity contribution in [1.29, 1.82) is 0 Å². The number of halogens is 1. The third kappa shape index (κ3) is 3.74. The largest absolute Gasteiger partial charge is 0.507 e. The Balaban J connectivity index is 2.20.